The zero-order valence-corrected chi connectivity index (χ0v) is 17.0. The molecule has 0 atom stereocenters. The molecule has 0 saturated carbocycles. The summed E-state index contributed by atoms with van der Waals surface area (Å²) in [6.45, 7) is 6.74. The van der Waals surface area contributed by atoms with Crippen molar-refractivity contribution in [2.75, 3.05) is 20.3 Å². The van der Waals surface area contributed by atoms with Crippen LogP contribution in [0, 0.1) is 0 Å². The van der Waals surface area contributed by atoms with E-state index in [1.807, 2.05) is 13.0 Å². The fourth-order valence-corrected chi connectivity index (χ4v) is 2.95. The zero-order chi connectivity index (χ0) is 16.2. The monoisotopic (exact) mass is 407 g/mol. The maximum Gasteiger partial charge on any atom is 0.165 e. The molecule has 0 aliphatic heterocycles. The van der Waals surface area contributed by atoms with Crippen LogP contribution in [0.1, 0.15) is 57.9 Å². The molecular formula is C18H31BrClNO2. The fraction of sp³-hybridized carbons (Fsp3) is 0.667. The average molecular weight is 409 g/mol. The highest BCUT2D eigenvalue weighted by atomic mass is 79.9. The molecule has 0 unspecified atom stereocenters. The minimum absolute atomic E-state index is 0. The lowest BCUT2D eigenvalue weighted by molar-refractivity contribution is 0.306. The highest BCUT2D eigenvalue weighted by Crippen LogP contribution is 2.34. The second-order valence-electron chi connectivity index (χ2n) is 5.47. The lowest BCUT2D eigenvalue weighted by Crippen LogP contribution is -2.16. The number of rotatable bonds is 12. The van der Waals surface area contributed by atoms with Gasteiger partial charge in [0.05, 0.1) is 13.7 Å². The highest BCUT2D eigenvalue weighted by Gasteiger charge is 2.12. The summed E-state index contributed by atoms with van der Waals surface area (Å²) in [4.78, 5) is 0. The van der Waals surface area contributed by atoms with Crippen molar-refractivity contribution in [2.24, 2.45) is 0 Å². The number of halogens is 2. The van der Waals surface area contributed by atoms with Gasteiger partial charge in [-0.3, -0.25) is 0 Å². The summed E-state index contributed by atoms with van der Waals surface area (Å²) in [6, 6.07) is 4.05. The van der Waals surface area contributed by atoms with Crippen LogP contribution in [0.3, 0.4) is 0 Å². The molecule has 3 nitrogen and oxygen atoms in total. The van der Waals surface area contributed by atoms with Gasteiger partial charge < -0.3 is 14.8 Å². The van der Waals surface area contributed by atoms with Crippen LogP contribution in [0.2, 0.25) is 0 Å². The molecule has 0 aliphatic rings. The molecule has 0 saturated heterocycles. The first-order chi connectivity index (χ1) is 10.7. The van der Waals surface area contributed by atoms with Gasteiger partial charge in [-0.25, -0.2) is 0 Å². The molecule has 0 aliphatic carbocycles. The molecule has 5 heteroatoms. The number of hydrogen-bond donors (Lipinski definition) is 1. The molecule has 0 spiro atoms. The molecule has 1 N–H and O–H groups in total. The maximum absolute atomic E-state index is 5.75. The first-order valence-electron chi connectivity index (χ1n) is 8.42. The van der Waals surface area contributed by atoms with E-state index in [4.69, 9.17) is 9.47 Å². The third-order valence-electron chi connectivity index (χ3n) is 3.63. The largest absolute Gasteiger partial charge is 0.493 e. The standard InChI is InChI=1S/C18H30BrNO2.ClH/c1-4-6-7-8-9-10-11-20-14-15-12-16(19)13-17(21-3)18(15)22-5-2;/h12-13,20H,4-11,14H2,1-3H3;1H. The van der Waals surface area contributed by atoms with E-state index < -0.39 is 0 Å². The number of methoxy groups -OCH3 is 1. The van der Waals surface area contributed by atoms with Gasteiger partial charge >= 0.3 is 0 Å². The van der Waals surface area contributed by atoms with Crippen molar-refractivity contribution >= 4 is 28.3 Å². The van der Waals surface area contributed by atoms with Gasteiger partial charge in [0.15, 0.2) is 11.5 Å². The van der Waals surface area contributed by atoms with Crippen molar-refractivity contribution in [1.29, 1.82) is 0 Å². The fourth-order valence-electron chi connectivity index (χ4n) is 2.47. The van der Waals surface area contributed by atoms with Crippen molar-refractivity contribution in [2.45, 2.75) is 58.9 Å². The molecule has 0 heterocycles. The van der Waals surface area contributed by atoms with Gasteiger partial charge in [0.1, 0.15) is 0 Å². The topological polar surface area (TPSA) is 30.5 Å². The smallest absolute Gasteiger partial charge is 0.165 e. The van der Waals surface area contributed by atoms with Crippen LogP contribution in [-0.2, 0) is 6.54 Å². The van der Waals surface area contributed by atoms with Crippen molar-refractivity contribution in [3.63, 3.8) is 0 Å². The van der Waals surface area contributed by atoms with E-state index in [0.717, 1.165) is 34.6 Å². The third kappa shape index (κ3) is 8.83. The summed E-state index contributed by atoms with van der Waals surface area (Å²) in [6.07, 6.45) is 7.94. The quantitative estimate of drug-likeness (QED) is 0.448. The van der Waals surface area contributed by atoms with Gasteiger partial charge in [-0.1, -0.05) is 55.0 Å². The normalized spacial score (nSPS) is 10.3. The Labute approximate surface area is 156 Å². The van der Waals surface area contributed by atoms with E-state index in [-0.39, 0.29) is 12.4 Å². The first-order valence-corrected chi connectivity index (χ1v) is 9.22. The SMILES string of the molecule is CCCCCCCCNCc1cc(Br)cc(OC)c1OCC.Cl. The van der Waals surface area contributed by atoms with E-state index in [2.05, 4.69) is 34.2 Å². The van der Waals surface area contributed by atoms with Crippen molar-refractivity contribution < 1.29 is 9.47 Å². The van der Waals surface area contributed by atoms with Crippen LogP contribution in [0.25, 0.3) is 0 Å². The second-order valence-corrected chi connectivity index (χ2v) is 6.39. The van der Waals surface area contributed by atoms with Crippen LogP contribution in [-0.4, -0.2) is 20.3 Å². The van der Waals surface area contributed by atoms with Crippen LogP contribution < -0.4 is 14.8 Å². The molecule has 134 valence electrons. The minimum Gasteiger partial charge on any atom is -0.493 e. The van der Waals surface area contributed by atoms with Crippen molar-refractivity contribution in [1.82, 2.24) is 5.32 Å². The average Bonchev–Trinajstić information content (AvgIpc) is 2.52. The van der Waals surface area contributed by atoms with E-state index in [1.54, 1.807) is 7.11 Å². The highest BCUT2D eigenvalue weighted by molar-refractivity contribution is 9.10. The molecule has 1 rings (SSSR count). The zero-order valence-electron chi connectivity index (χ0n) is 14.6. The predicted molar refractivity (Wildman–Crippen MR) is 104 cm³/mol. The van der Waals surface area contributed by atoms with Gasteiger partial charge in [-0.05, 0) is 32.0 Å². The van der Waals surface area contributed by atoms with Gasteiger partial charge in [0, 0.05) is 16.6 Å². The summed E-state index contributed by atoms with van der Waals surface area (Å²) in [5.41, 5.74) is 1.14. The summed E-state index contributed by atoms with van der Waals surface area (Å²) in [5.74, 6) is 1.64. The van der Waals surface area contributed by atoms with Crippen LogP contribution in [0.5, 0.6) is 11.5 Å². The summed E-state index contributed by atoms with van der Waals surface area (Å²) < 4.78 is 12.2. The minimum atomic E-state index is 0. The molecule has 0 radical (unpaired) electrons. The maximum atomic E-state index is 5.75. The Balaban J connectivity index is 0.00000484. The third-order valence-corrected chi connectivity index (χ3v) is 4.09. The number of ether oxygens (including phenoxy) is 2. The van der Waals surface area contributed by atoms with Crippen LogP contribution in [0.4, 0.5) is 0 Å². The molecular weight excluding hydrogens is 378 g/mol. The van der Waals surface area contributed by atoms with Crippen molar-refractivity contribution in [3.8, 4) is 11.5 Å². The van der Waals surface area contributed by atoms with Crippen LogP contribution in [0.15, 0.2) is 16.6 Å². The Kier molecular flexibility index (Phi) is 13.7. The predicted octanol–water partition coefficient (Wildman–Crippen LogP) is 5.73. The lowest BCUT2D eigenvalue weighted by Gasteiger charge is -2.15. The summed E-state index contributed by atoms with van der Waals surface area (Å²) in [5, 5.41) is 3.51. The number of hydrogen-bond acceptors (Lipinski definition) is 3. The Bertz CT molecular complexity index is 430. The van der Waals surface area contributed by atoms with Gasteiger partial charge in [0.2, 0.25) is 0 Å². The first kappa shape index (κ1) is 22.6. The summed E-state index contributed by atoms with van der Waals surface area (Å²) in [7, 11) is 1.68. The van der Waals surface area contributed by atoms with Gasteiger partial charge in [-0.2, -0.15) is 0 Å². The summed E-state index contributed by atoms with van der Waals surface area (Å²) >= 11 is 3.53. The van der Waals surface area contributed by atoms with E-state index in [0.29, 0.717) is 6.61 Å². The molecule has 1 aromatic rings. The number of unbranched alkanes of at least 4 members (excludes halogenated alkanes) is 5. The second kappa shape index (κ2) is 13.9. The van der Waals surface area contributed by atoms with Gasteiger partial charge in [-0.15, -0.1) is 12.4 Å². The Morgan fingerprint density at radius 3 is 2.39 bits per heavy atom. The Hall–Kier alpha value is -0.450. The van der Waals surface area contributed by atoms with Gasteiger partial charge in [0.25, 0.3) is 0 Å². The molecule has 1 aromatic carbocycles. The lowest BCUT2D eigenvalue weighted by atomic mass is 10.1. The molecule has 0 bridgehead atoms. The molecule has 23 heavy (non-hydrogen) atoms. The molecule has 0 amide bonds. The molecule has 0 fully saturated rings. The van der Waals surface area contributed by atoms with E-state index in [9.17, 15) is 0 Å². The number of nitrogens with one attached hydrogen (secondary N) is 1. The molecule has 0 aromatic heterocycles. The van der Waals surface area contributed by atoms with E-state index in [1.165, 1.54) is 38.5 Å². The van der Waals surface area contributed by atoms with E-state index >= 15 is 0 Å². The Morgan fingerprint density at radius 1 is 1.04 bits per heavy atom. The Morgan fingerprint density at radius 2 is 1.74 bits per heavy atom. The number of benzene rings is 1. The van der Waals surface area contributed by atoms with Crippen molar-refractivity contribution in [3.05, 3.63) is 22.2 Å². The van der Waals surface area contributed by atoms with Crippen LogP contribution >= 0.6 is 28.3 Å².